The molecule has 0 spiro atoms. The molecule has 0 saturated carbocycles. The number of rotatable bonds is 6. The summed E-state index contributed by atoms with van der Waals surface area (Å²) in [6.07, 6.45) is 1.80. The van der Waals surface area contributed by atoms with Gasteiger partial charge in [0.05, 0.1) is 11.4 Å². The second kappa shape index (κ2) is 6.75. The number of pyridine rings is 1. The lowest BCUT2D eigenvalue weighted by atomic mass is 10.3. The molecule has 0 aromatic carbocycles. The standard InChI is InChI=1S/C14H20N4S/c1-11(9-18(2)3)16-8-12-10-19-14(17-12)13-6-4-5-7-15-13/h4-7,10-11,16H,8-9H2,1-3H3. The molecule has 0 radical (unpaired) electrons. The highest BCUT2D eigenvalue weighted by molar-refractivity contribution is 7.13. The van der Waals surface area contributed by atoms with E-state index in [2.05, 4.69) is 46.6 Å². The lowest BCUT2D eigenvalue weighted by Crippen LogP contribution is -2.35. The Labute approximate surface area is 118 Å². The van der Waals surface area contributed by atoms with E-state index in [0.29, 0.717) is 6.04 Å². The molecule has 2 heterocycles. The zero-order valence-corrected chi connectivity index (χ0v) is 12.4. The minimum atomic E-state index is 0.454. The van der Waals surface area contributed by atoms with Gasteiger partial charge in [-0.2, -0.15) is 0 Å². The van der Waals surface area contributed by atoms with Gasteiger partial charge in [0.2, 0.25) is 0 Å². The second-order valence-corrected chi connectivity index (χ2v) is 5.76. The van der Waals surface area contributed by atoms with Crippen molar-refractivity contribution in [2.45, 2.75) is 19.5 Å². The predicted octanol–water partition coefficient (Wildman–Crippen LogP) is 2.24. The Balaban J connectivity index is 1.91. The number of hydrogen-bond acceptors (Lipinski definition) is 5. The minimum absolute atomic E-state index is 0.454. The summed E-state index contributed by atoms with van der Waals surface area (Å²) >= 11 is 1.64. The van der Waals surface area contributed by atoms with Crippen LogP contribution >= 0.6 is 11.3 Å². The van der Waals surface area contributed by atoms with Gasteiger partial charge in [0.25, 0.3) is 0 Å². The van der Waals surface area contributed by atoms with Crippen LogP contribution in [0.1, 0.15) is 12.6 Å². The third kappa shape index (κ3) is 4.38. The summed E-state index contributed by atoms with van der Waals surface area (Å²) in [7, 11) is 4.17. The summed E-state index contributed by atoms with van der Waals surface area (Å²) in [5, 5.41) is 6.56. The highest BCUT2D eigenvalue weighted by atomic mass is 32.1. The first-order valence-electron chi connectivity index (χ1n) is 6.39. The Morgan fingerprint density at radius 3 is 2.89 bits per heavy atom. The molecule has 0 aliphatic rings. The lowest BCUT2D eigenvalue weighted by molar-refractivity contribution is 0.348. The van der Waals surface area contributed by atoms with Crippen molar-refractivity contribution in [1.29, 1.82) is 0 Å². The van der Waals surface area contributed by atoms with E-state index in [1.54, 1.807) is 17.5 Å². The van der Waals surface area contributed by atoms with E-state index in [4.69, 9.17) is 0 Å². The molecule has 1 atom stereocenters. The molecule has 0 saturated heterocycles. The maximum atomic E-state index is 4.61. The Hall–Kier alpha value is -1.30. The van der Waals surface area contributed by atoms with Crippen LogP contribution in [0.5, 0.6) is 0 Å². The number of nitrogens with one attached hydrogen (secondary N) is 1. The maximum absolute atomic E-state index is 4.61. The van der Waals surface area contributed by atoms with Crippen molar-refractivity contribution in [2.24, 2.45) is 0 Å². The summed E-state index contributed by atoms with van der Waals surface area (Å²) < 4.78 is 0. The summed E-state index contributed by atoms with van der Waals surface area (Å²) in [5.74, 6) is 0. The molecule has 0 aliphatic heterocycles. The molecule has 5 heteroatoms. The number of nitrogens with zero attached hydrogens (tertiary/aromatic N) is 3. The fourth-order valence-corrected chi connectivity index (χ4v) is 2.68. The first-order chi connectivity index (χ1) is 9.15. The van der Waals surface area contributed by atoms with E-state index in [-0.39, 0.29) is 0 Å². The van der Waals surface area contributed by atoms with E-state index >= 15 is 0 Å². The van der Waals surface area contributed by atoms with E-state index in [1.807, 2.05) is 18.2 Å². The normalized spacial score (nSPS) is 12.8. The lowest BCUT2D eigenvalue weighted by Gasteiger charge is -2.17. The van der Waals surface area contributed by atoms with Crippen LogP contribution < -0.4 is 5.32 Å². The van der Waals surface area contributed by atoms with Gasteiger partial charge in [-0.15, -0.1) is 11.3 Å². The summed E-state index contributed by atoms with van der Waals surface area (Å²) in [4.78, 5) is 11.1. The Morgan fingerprint density at radius 1 is 1.37 bits per heavy atom. The molecule has 1 unspecified atom stereocenters. The number of aromatic nitrogens is 2. The third-order valence-electron chi connectivity index (χ3n) is 2.71. The van der Waals surface area contributed by atoms with E-state index in [9.17, 15) is 0 Å². The fourth-order valence-electron chi connectivity index (χ4n) is 1.89. The fraction of sp³-hybridized carbons (Fsp3) is 0.429. The van der Waals surface area contributed by atoms with Gasteiger partial charge < -0.3 is 10.2 Å². The minimum Gasteiger partial charge on any atom is -0.308 e. The van der Waals surface area contributed by atoms with Gasteiger partial charge in [-0.3, -0.25) is 4.98 Å². The van der Waals surface area contributed by atoms with Gasteiger partial charge >= 0.3 is 0 Å². The van der Waals surface area contributed by atoms with Crippen molar-refractivity contribution in [1.82, 2.24) is 20.2 Å². The molecule has 1 N–H and O–H groups in total. The monoisotopic (exact) mass is 276 g/mol. The van der Waals surface area contributed by atoms with Crippen LogP contribution in [0, 0.1) is 0 Å². The zero-order valence-electron chi connectivity index (χ0n) is 11.6. The largest absolute Gasteiger partial charge is 0.308 e. The topological polar surface area (TPSA) is 41.0 Å². The molecule has 0 bridgehead atoms. The molecule has 2 rings (SSSR count). The molecule has 2 aromatic heterocycles. The van der Waals surface area contributed by atoms with E-state index in [1.165, 1.54) is 0 Å². The van der Waals surface area contributed by atoms with Crippen molar-refractivity contribution < 1.29 is 0 Å². The van der Waals surface area contributed by atoms with Crippen molar-refractivity contribution in [3.8, 4) is 10.7 Å². The predicted molar refractivity (Wildman–Crippen MR) is 80.2 cm³/mol. The van der Waals surface area contributed by atoms with Gasteiger partial charge in [-0.1, -0.05) is 6.07 Å². The molecule has 4 nitrogen and oxygen atoms in total. The third-order valence-corrected chi connectivity index (χ3v) is 3.62. The van der Waals surface area contributed by atoms with Gasteiger partial charge in [-0.05, 0) is 33.2 Å². The molecule has 0 amide bonds. The first kappa shape index (κ1) is 14.1. The SMILES string of the molecule is CC(CN(C)C)NCc1csc(-c2ccccn2)n1. The van der Waals surface area contributed by atoms with Crippen molar-refractivity contribution in [3.05, 3.63) is 35.5 Å². The number of hydrogen-bond donors (Lipinski definition) is 1. The van der Waals surface area contributed by atoms with Gasteiger partial charge in [0.1, 0.15) is 5.01 Å². The average molecular weight is 276 g/mol. The van der Waals surface area contributed by atoms with E-state index < -0.39 is 0 Å². The number of thiazole rings is 1. The van der Waals surface area contributed by atoms with Crippen LogP contribution in [0.2, 0.25) is 0 Å². The molecule has 19 heavy (non-hydrogen) atoms. The van der Waals surface area contributed by atoms with Crippen molar-refractivity contribution in [3.63, 3.8) is 0 Å². The van der Waals surface area contributed by atoms with Crippen molar-refractivity contribution in [2.75, 3.05) is 20.6 Å². The average Bonchev–Trinajstić information content (AvgIpc) is 2.85. The zero-order chi connectivity index (χ0) is 13.7. The van der Waals surface area contributed by atoms with Gasteiger partial charge in [-0.25, -0.2) is 4.98 Å². The molecular formula is C14H20N4S. The van der Waals surface area contributed by atoms with E-state index in [0.717, 1.165) is 29.5 Å². The quantitative estimate of drug-likeness (QED) is 0.878. The Morgan fingerprint density at radius 2 is 2.21 bits per heavy atom. The highest BCUT2D eigenvalue weighted by Crippen LogP contribution is 2.21. The van der Waals surface area contributed by atoms with Gasteiger partial charge in [0.15, 0.2) is 0 Å². The molecule has 0 fully saturated rings. The molecular weight excluding hydrogens is 256 g/mol. The van der Waals surface area contributed by atoms with Crippen LogP contribution in [0.25, 0.3) is 10.7 Å². The molecule has 2 aromatic rings. The summed E-state index contributed by atoms with van der Waals surface area (Å²) in [6.45, 7) is 4.02. The summed E-state index contributed by atoms with van der Waals surface area (Å²) in [6, 6.07) is 6.35. The smallest absolute Gasteiger partial charge is 0.142 e. The van der Waals surface area contributed by atoms with Crippen LogP contribution in [-0.2, 0) is 6.54 Å². The van der Waals surface area contributed by atoms with Gasteiger partial charge in [0, 0.05) is 30.7 Å². The van der Waals surface area contributed by atoms with Crippen molar-refractivity contribution >= 4 is 11.3 Å². The van der Waals surface area contributed by atoms with Crippen LogP contribution in [0.3, 0.4) is 0 Å². The molecule has 102 valence electrons. The van der Waals surface area contributed by atoms with Crippen LogP contribution in [0.15, 0.2) is 29.8 Å². The summed E-state index contributed by atoms with van der Waals surface area (Å²) in [5.41, 5.74) is 2.02. The van der Waals surface area contributed by atoms with Crippen LogP contribution in [-0.4, -0.2) is 41.5 Å². The van der Waals surface area contributed by atoms with Crippen LogP contribution in [0.4, 0.5) is 0 Å². The first-order valence-corrected chi connectivity index (χ1v) is 7.27. The highest BCUT2D eigenvalue weighted by Gasteiger charge is 2.07. The Bertz CT molecular complexity index is 495. The second-order valence-electron chi connectivity index (χ2n) is 4.90. The molecule has 0 aliphatic carbocycles. The number of likely N-dealkylation sites (N-methyl/N-ethyl adjacent to an activating group) is 1. The maximum Gasteiger partial charge on any atom is 0.142 e. The Kier molecular flexibility index (Phi) is 5.01.